The van der Waals surface area contributed by atoms with Crippen molar-refractivity contribution in [3.63, 3.8) is 0 Å². The Balaban J connectivity index is 1.65. The van der Waals surface area contributed by atoms with Crippen molar-refractivity contribution in [1.29, 1.82) is 0 Å². The molecule has 0 saturated carbocycles. The smallest absolute Gasteiger partial charge is 0.220 e. The van der Waals surface area contributed by atoms with Crippen molar-refractivity contribution in [2.24, 2.45) is 0 Å². The fraction of sp³-hybridized carbons (Fsp3) is 0.0556. The first-order valence-corrected chi connectivity index (χ1v) is 9.22. The minimum Gasteiger partial charge on any atom is -0.220 e. The standard InChI is InChI=1S/C18H13BrN4S/c19-15-8-6-14(7-9-15)16-10-11-20-17-21-18(22-23(16)17)24-12-13-4-2-1-3-5-13/h1-11H,12H2. The summed E-state index contributed by atoms with van der Waals surface area (Å²) in [6.45, 7) is 0. The lowest BCUT2D eigenvalue weighted by Gasteiger charge is -2.03. The van der Waals surface area contributed by atoms with Crippen LogP contribution in [0.15, 0.2) is 76.5 Å². The van der Waals surface area contributed by atoms with Gasteiger partial charge in [-0.25, -0.2) is 4.98 Å². The molecule has 0 aliphatic carbocycles. The minimum absolute atomic E-state index is 0.617. The molecule has 0 saturated heterocycles. The highest BCUT2D eigenvalue weighted by Gasteiger charge is 2.10. The van der Waals surface area contributed by atoms with Crippen LogP contribution in [-0.4, -0.2) is 19.6 Å². The summed E-state index contributed by atoms with van der Waals surface area (Å²) < 4.78 is 2.85. The van der Waals surface area contributed by atoms with Crippen molar-refractivity contribution in [2.45, 2.75) is 10.9 Å². The maximum atomic E-state index is 4.62. The third kappa shape index (κ3) is 3.20. The molecule has 4 aromatic rings. The van der Waals surface area contributed by atoms with Crippen molar-refractivity contribution in [1.82, 2.24) is 19.6 Å². The Kier molecular flexibility index (Phi) is 4.32. The molecule has 0 aliphatic rings. The van der Waals surface area contributed by atoms with Crippen LogP contribution in [0.2, 0.25) is 0 Å². The van der Waals surface area contributed by atoms with E-state index in [9.17, 15) is 0 Å². The van der Waals surface area contributed by atoms with Crippen LogP contribution in [0.5, 0.6) is 0 Å². The number of hydrogen-bond acceptors (Lipinski definition) is 4. The van der Waals surface area contributed by atoms with Crippen molar-refractivity contribution in [3.05, 3.63) is 76.9 Å². The Bertz CT molecular complexity index is 967. The molecule has 0 unspecified atom stereocenters. The predicted molar refractivity (Wildman–Crippen MR) is 99.9 cm³/mol. The van der Waals surface area contributed by atoms with Gasteiger partial charge in [0.15, 0.2) is 0 Å². The van der Waals surface area contributed by atoms with E-state index < -0.39 is 0 Å². The molecule has 0 spiro atoms. The quantitative estimate of drug-likeness (QED) is 0.462. The normalized spacial score (nSPS) is 11.0. The first kappa shape index (κ1) is 15.4. The predicted octanol–water partition coefficient (Wildman–Crippen LogP) is 4.85. The van der Waals surface area contributed by atoms with Crippen molar-refractivity contribution in [3.8, 4) is 11.3 Å². The van der Waals surface area contributed by atoms with Gasteiger partial charge >= 0.3 is 0 Å². The summed E-state index contributed by atoms with van der Waals surface area (Å²) in [7, 11) is 0. The zero-order chi connectivity index (χ0) is 16.4. The van der Waals surface area contributed by atoms with Gasteiger partial charge in [0.1, 0.15) is 0 Å². The Labute approximate surface area is 152 Å². The van der Waals surface area contributed by atoms with Gasteiger partial charge in [-0.15, -0.1) is 5.10 Å². The lowest BCUT2D eigenvalue weighted by Crippen LogP contribution is -1.95. The molecular weight excluding hydrogens is 384 g/mol. The molecule has 0 amide bonds. The summed E-state index contributed by atoms with van der Waals surface area (Å²) in [6.07, 6.45) is 1.77. The van der Waals surface area contributed by atoms with Crippen LogP contribution < -0.4 is 0 Å². The maximum Gasteiger partial charge on any atom is 0.253 e. The molecule has 4 nitrogen and oxygen atoms in total. The number of aromatic nitrogens is 4. The van der Waals surface area contributed by atoms with Crippen molar-refractivity contribution < 1.29 is 0 Å². The minimum atomic E-state index is 0.617. The third-order valence-electron chi connectivity index (χ3n) is 3.57. The number of nitrogens with zero attached hydrogens (tertiary/aromatic N) is 4. The van der Waals surface area contributed by atoms with Gasteiger partial charge in [0.25, 0.3) is 5.78 Å². The molecule has 24 heavy (non-hydrogen) atoms. The van der Waals surface area contributed by atoms with Crippen molar-refractivity contribution in [2.75, 3.05) is 0 Å². The average Bonchev–Trinajstić information content (AvgIpc) is 3.05. The second-order valence-electron chi connectivity index (χ2n) is 5.22. The highest BCUT2D eigenvalue weighted by Crippen LogP contribution is 2.24. The number of hydrogen-bond donors (Lipinski definition) is 0. The lowest BCUT2D eigenvalue weighted by atomic mass is 10.1. The molecule has 0 radical (unpaired) electrons. The first-order chi connectivity index (χ1) is 11.8. The van der Waals surface area contributed by atoms with Crippen LogP contribution in [0, 0.1) is 0 Å². The van der Waals surface area contributed by atoms with Gasteiger partial charge in [0.05, 0.1) is 5.69 Å². The zero-order valence-corrected chi connectivity index (χ0v) is 15.0. The van der Waals surface area contributed by atoms with Crippen LogP contribution in [-0.2, 0) is 5.75 Å². The van der Waals surface area contributed by atoms with E-state index in [0.717, 1.165) is 26.6 Å². The number of halogens is 1. The molecule has 0 fully saturated rings. The topological polar surface area (TPSA) is 43.1 Å². The Morgan fingerprint density at radius 1 is 0.958 bits per heavy atom. The van der Waals surface area contributed by atoms with Crippen LogP contribution in [0.1, 0.15) is 5.56 Å². The fourth-order valence-electron chi connectivity index (χ4n) is 2.40. The summed E-state index contributed by atoms with van der Waals surface area (Å²) in [6, 6.07) is 20.4. The number of thioether (sulfide) groups is 1. The largest absolute Gasteiger partial charge is 0.253 e. The van der Waals surface area contributed by atoms with Crippen LogP contribution in [0.4, 0.5) is 0 Å². The van der Waals surface area contributed by atoms with E-state index >= 15 is 0 Å². The summed E-state index contributed by atoms with van der Waals surface area (Å²) >= 11 is 5.08. The highest BCUT2D eigenvalue weighted by atomic mass is 79.9. The van der Waals surface area contributed by atoms with E-state index in [1.165, 1.54) is 5.56 Å². The Morgan fingerprint density at radius 2 is 1.75 bits per heavy atom. The molecule has 6 heteroatoms. The molecule has 2 aromatic carbocycles. The maximum absolute atomic E-state index is 4.62. The fourth-order valence-corrected chi connectivity index (χ4v) is 3.44. The molecular formula is C18H13BrN4S. The molecule has 2 aromatic heterocycles. The van der Waals surface area contributed by atoms with E-state index in [1.54, 1.807) is 22.5 Å². The van der Waals surface area contributed by atoms with Gasteiger partial charge in [0.2, 0.25) is 5.16 Å². The number of benzene rings is 2. The molecule has 0 aliphatic heterocycles. The first-order valence-electron chi connectivity index (χ1n) is 7.44. The molecule has 0 N–H and O–H groups in total. The summed E-state index contributed by atoms with van der Waals surface area (Å²) in [5, 5.41) is 5.35. The second-order valence-corrected chi connectivity index (χ2v) is 7.08. The van der Waals surface area contributed by atoms with E-state index in [0.29, 0.717) is 5.78 Å². The SMILES string of the molecule is Brc1ccc(-c2ccnc3nc(SCc4ccccc4)nn23)cc1. The van der Waals surface area contributed by atoms with Gasteiger partial charge < -0.3 is 0 Å². The average molecular weight is 397 g/mol. The van der Waals surface area contributed by atoms with Gasteiger partial charge in [-0.1, -0.05) is 70.2 Å². The number of fused-ring (bicyclic) bond motifs is 1. The third-order valence-corrected chi connectivity index (χ3v) is 5.01. The molecule has 4 rings (SSSR count). The van der Waals surface area contributed by atoms with Gasteiger partial charge in [0, 0.05) is 22.0 Å². The summed E-state index contributed by atoms with van der Waals surface area (Å²) in [5.74, 6) is 1.46. The summed E-state index contributed by atoms with van der Waals surface area (Å²) in [4.78, 5) is 8.85. The van der Waals surface area contributed by atoms with Gasteiger partial charge in [-0.2, -0.15) is 9.50 Å². The zero-order valence-electron chi connectivity index (χ0n) is 12.6. The van der Waals surface area contributed by atoms with Crippen LogP contribution in [0.3, 0.4) is 0 Å². The highest BCUT2D eigenvalue weighted by molar-refractivity contribution is 9.10. The Morgan fingerprint density at radius 3 is 2.54 bits per heavy atom. The molecule has 0 bridgehead atoms. The monoisotopic (exact) mass is 396 g/mol. The van der Waals surface area contributed by atoms with Crippen molar-refractivity contribution >= 4 is 33.5 Å². The van der Waals surface area contributed by atoms with E-state index in [1.807, 2.05) is 36.4 Å². The van der Waals surface area contributed by atoms with Gasteiger partial charge in [-0.3, -0.25) is 0 Å². The lowest BCUT2D eigenvalue weighted by molar-refractivity contribution is 0.886. The molecule has 0 atom stereocenters. The Hall–Kier alpha value is -2.18. The van der Waals surface area contributed by atoms with E-state index in [2.05, 4.69) is 55.3 Å². The van der Waals surface area contributed by atoms with E-state index in [-0.39, 0.29) is 0 Å². The summed E-state index contributed by atoms with van der Waals surface area (Å²) in [5.41, 5.74) is 3.31. The molecule has 118 valence electrons. The second kappa shape index (κ2) is 6.75. The van der Waals surface area contributed by atoms with Crippen LogP contribution >= 0.6 is 27.7 Å². The number of rotatable bonds is 4. The van der Waals surface area contributed by atoms with Crippen LogP contribution in [0.25, 0.3) is 17.0 Å². The van der Waals surface area contributed by atoms with E-state index in [4.69, 9.17) is 0 Å². The molecule has 2 heterocycles. The van der Waals surface area contributed by atoms with Gasteiger partial charge in [-0.05, 0) is 23.8 Å².